The number of carbonyl (C=O) groups is 3. The van der Waals surface area contributed by atoms with Crippen LogP contribution in [0.1, 0.15) is 0 Å². The summed E-state index contributed by atoms with van der Waals surface area (Å²) in [6.07, 6.45) is 0. The summed E-state index contributed by atoms with van der Waals surface area (Å²) in [7, 11) is 0. The van der Waals surface area contributed by atoms with E-state index in [1.807, 2.05) is 0 Å². The predicted octanol–water partition coefficient (Wildman–Crippen LogP) is -5.22. The average Bonchev–Trinajstić information content (AvgIpc) is 2.01. The summed E-state index contributed by atoms with van der Waals surface area (Å²) in [5.74, 6) is -6.94. The number of hydrogen-bond donors (Lipinski definition) is 2. The van der Waals surface area contributed by atoms with Crippen molar-refractivity contribution in [1.29, 1.82) is 0 Å². The Bertz CT molecular complexity index is 232. The van der Waals surface area contributed by atoms with Crippen LogP contribution in [0.4, 0.5) is 0 Å². The quantitative estimate of drug-likeness (QED) is 0.322. The van der Waals surface area contributed by atoms with Gasteiger partial charge in [-0.25, -0.2) is 0 Å². The second kappa shape index (κ2) is 3.28. The second-order valence-electron chi connectivity index (χ2n) is 1.92. The van der Waals surface area contributed by atoms with Crippen LogP contribution < -0.4 is 10.2 Å². The number of aliphatic hydroxyl groups excluding tert-OH is 1. The molecule has 0 saturated carbocycles. The Balaban J connectivity index is 4.89. The number of rotatable bonds is 4. The van der Waals surface area contributed by atoms with E-state index in [1.165, 1.54) is 0 Å². The molecular weight excluding hydrogens is 172 g/mol. The first kappa shape index (κ1) is 10.5. The van der Waals surface area contributed by atoms with Crippen LogP contribution >= 0.6 is 0 Å². The van der Waals surface area contributed by atoms with E-state index in [0.29, 0.717) is 0 Å². The zero-order valence-electron chi connectivity index (χ0n) is 5.64. The molecule has 1 atom stereocenters. The van der Waals surface area contributed by atoms with Crippen molar-refractivity contribution in [3.63, 3.8) is 0 Å². The third kappa shape index (κ3) is 1.57. The molecular formula is C5H4O7-2. The number of aliphatic hydroxyl groups is 2. The standard InChI is InChI=1S/C5H6O7/c6-1-5(12,4(10)11)2(7)3(8)9/h6,12H,1H2,(H,8,9)(H,10,11)/p-2. The summed E-state index contributed by atoms with van der Waals surface area (Å²) in [5.41, 5.74) is -3.42. The molecule has 0 fully saturated rings. The van der Waals surface area contributed by atoms with Crippen molar-refractivity contribution in [2.45, 2.75) is 5.60 Å². The van der Waals surface area contributed by atoms with E-state index in [9.17, 15) is 24.6 Å². The van der Waals surface area contributed by atoms with E-state index in [4.69, 9.17) is 10.2 Å². The van der Waals surface area contributed by atoms with Crippen molar-refractivity contribution in [3.05, 3.63) is 0 Å². The molecule has 7 heteroatoms. The highest BCUT2D eigenvalue weighted by atomic mass is 16.4. The van der Waals surface area contributed by atoms with Gasteiger partial charge in [0.1, 0.15) is 5.97 Å². The Morgan fingerprint density at radius 3 is 1.75 bits per heavy atom. The molecule has 0 aromatic rings. The molecule has 7 nitrogen and oxygen atoms in total. The normalized spacial score (nSPS) is 14.8. The molecule has 0 rings (SSSR count). The number of aliphatic carboxylic acids is 2. The third-order valence-corrected chi connectivity index (χ3v) is 1.13. The monoisotopic (exact) mass is 176 g/mol. The molecule has 0 aliphatic carbocycles. The fourth-order valence-electron chi connectivity index (χ4n) is 0.398. The van der Waals surface area contributed by atoms with Gasteiger partial charge in [0.2, 0.25) is 5.78 Å². The van der Waals surface area contributed by atoms with Gasteiger partial charge < -0.3 is 30.0 Å². The van der Waals surface area contributed by atoms with Gasteiger partial charge in [-0.1, -0.05) is 0 Å². The minimum absolute atomic E-state index is 1.58. The van der Waals surface area contributed by atoms with Crippen molar-refractivity contribution < 1.29 is 34.8 Å². The molecule has 0 amide bonds. The smallest absolute Gasteiger partial charge is 0.217 e. The van der Waals surface area contributed by atoms with E-state index >= 15 is 0 Å². The highest BCUT2D eigenvalue weighted by Gasteiger charge is 2.37. The van der Waals surface area contributed by atoms with Crippen molar-refractivity contribution in [3.8, 4) is 0 Å². The molecule has 0 aliphatic heterocycles. The van der Waals surface area contributed by atoms with Gasteiger partial charge in [0, 0.05) is 0 Å². The van der Waals surface area contributed by atoms with Crippen LogP contribution in [0.15, 0.2) is 0 Å². The summed E-state index contributed by atoms with van der Waals surface area (Å²) in [4.78, 5) is 30.1. The number of carboxylic acids is 2. The van der Waals surface area contributed by atoms with Gasteiger partial charge in [-0.05, 0) is 0 Å². The third-order valence-electron chi connectivity index (χ3n) is 1.13. The lowest BCUT2D eigenvalue weighted by atomic mass is 10.0. The molecule has 0 bridgehead atoms. The molecule has 0 radical (unpaired) electrons. The Kier molecular flexibility index (Phi) is 2.88. The summed E-state index contributed by atoms with van der Waals surface area (Å²) < 4.78 is 0. The zero-order chi connectivity index (χ0) is 9.94. The predicted molar refractivity (Wildman–Crippen MR) is 27.1 cm³/mol. The molecule has 0 aromatic carbocycles. The lowest BCUT2D eigenvalue weighted by molar-refractivity contribution is -0.327. The van der Waals surface area contributed by atoms with E-state index in [1.54, 1.807) is 0 Å². The van der Waals surface area contributed by atoms with Crippen LogP contribution in [0, 0.1) is 0 Å². The molecule has 2 N–H and O–H groups in total. The maximum absolute atomic E-state index is 10.3. The van der Waals surface area contributed by atoms with Gasteiger partial charge in [-0.2, -0.15) is 0 Å². The molecule has 68 valence electrons. The van der Waals surface area contributed by atoms with Crippen LogP contribution in [0.5, 0.6) is 0 Å². The number of hydrogen-bond acceptors (Lipinski definition) is 7. The number of Topliss-reactive ketones (excluding diaryl/α,β-unsaturated/α-hetero) is 1. The second-order valence-corrected chi connectivity index (χ2v) is 1.92. The Hall–Kier alpha value is -1.47. The Labute approximate surface area is 65.9 Å². The molecule has 12 heavy (non-hydrogen) atoms. The van der Waals surface area contributed by atoms with Crippen molar-refractivity contribution in [2.75, 3.05) is 6.61 Å². The fourth-order valence-corrected chi connectivity index (χ4v) is 0.398. The lowest BCUT2D eigenvalue weighted by Gasteiger charge is -2.24. The number of carbonyl (C=O) groups excluding carboxylic acids is 3. The fraction of sp³-hybridized carbons (Fsp3) is 0.400. The van der Waals surface area contributed by atoms with Gasteiger partial charge in [-0.3, -0.25) is 4.79 Å². The van der Waals surface area contributed by atoms with Crippen LogP contribution in [-0.2, 0) is 14.4 Å². The summed E-state index contributed by atoms with van der Waals surface area (Å²) in [6.45, 7) is -1.58. The van der Waals surface area contributed by atoms with E-state index in [2.05, 4.69) is 0 Å². The van der Waals surface area contributed by atoms with E-state index < -0.39 is 29.9 Å². The summed E-state index contributed by atoms with van der Waals surface area (Å²) in [6, 6.07) is 0. The van der Waals surface area contributed by atoms with E-state index in [-0.39, 0.29) is 0 Å². The van der Waals surface area contributed by atoms with Gasteiger partial charge in [0.25, 0.3) is 0 Å². The molecule has 0 spiro atoms. The highest BCUT2D eigenvalue weighted by Crippen LogP contribution is 2.02. The largest absolute Gasteiger partial charge is 0.546 e. The van der Waals surface area contributed by atoms with Crippen molar-refractivity contribution in [2.24, 2.45) is 0 Å². The first-order chi connectivity index (χ1) is 5.36. The molecule has 0 saturated heterocycles. The molecule has 0 aromatic heterocycles. The topological polar surface area (TPSA) is 138 Å². The first-order valence-corrected chi connectivity index (χ1v) is 2.66. The van der Waals surface area contributed by atoms with Gasteiger partial charge in [0.15, 0.2) is 5.60 Å². The minimum Gasteiger partial charge on any atom is -0.546 e. The van der Waals surface area contributed by atoms with E-state index in [0.717, 1.165) is 0 Å². The van der Waals surface area contributed by atoms with Gasteiger partial charge >= 0.3 is 0 Å². The van der Waals surface area contributed by atoms with Gasteiger partial charge in [-0.15, -0.1) is 0 Å². The SMILES string of the molecule is O=C([O-])C(=O)C(O)(CO)C(=O)[O-]. The number of carboxylic acid groups (broad SMARTS) is 2. The molecule has 1 unspecified atom stereocenters. The Morgan fingerprint density at radius 2 is 1.67 bits per heavy atom. The van der Waals surface area contributed by atoms with Crippen LogP contribution in [0.2, 0.25) is 0 Å². The highest BCUT2D eigenvalue weighted by molar-refractivity contribution is 6.39. The van der Waals surface area contributed by atoms with Crippen molar-refractivity contribution in [1.82, 2.24) is 0 Å². The maximum atomic E-state index is 10.3. The van der Waals surface area contributed by atoms with Crippen molar-refractivity contribution >= 4 is 17.7 Å². The van der Waals surface area contributed by atoms with Crippen LogP contribution in [-0.4, -0.2) is 40.1 Å². The first-order valence-electron chi connectivity index (χ1n) is 2.66. The maximum Gasteiger partial charge on any atom is 0.217 e. The van der Waals surface area contributed by atoms with Crippen LogP contribution in [0.3, 0.4) is 0 Å². The van der Waals surface area contributed by atoms with Gasteiger partial charge in [0.05, 0.1) is 12.6 Å². The zero-order valence-corrected chi connectivity index (χ0v) is 5.64. The molecule has 0 aliphatic rings. The summed E-state index contributed by atoms with van der Waals surface area (Å²) in [5, 5.41) is 36.6. The lowest BCUT2D eigenvalue weighted by Crippen LogP contribution is -2.61. The molecule has 0 heterocycles. The number of ketones is 1. The summed E-state index contributed by atoms with van der Waals surface area (Å²) >= 11 is 0. The van der Waals surface area contributed by atoms with Crippen LogP contribution in [0.25, 0.3) is 0 Å². The average molecular weight is 176 g/mol. The minimum atomic E-state index is -3.42. The Morgan fingerprint density at radius 1 is 1.25 bits per heavy atom.